The number of fused-ring (bicyclic) bond motifs is 1. The molecule has 0 spiro atoms. The zero-order valence-electron chi connectivity index (χ0n) is 12.2. The number of nitrogens with zero attached hydrogens (tertiary/aromatic N) is 1. The summed E-state index contributed by atoms with van der Waals surface area (Å²) in [7, 11) is -7.72. The van der Waals surface area contributed by atoms with Crippen molar-refractivity contribution < 1.29 is 16.8 Å². The van der Waals surface area contributed by atoms with Gasteiger partial charge in [0.05, 0.1) is 9.79 Å². The quantitative estimate of drug-likeness (QED) is 0.894. The highest BCUT2D eigenvalue weighted by Crippen LogP contribution is 2.25. The predicted octanol–water partition coefficient (Wildman–Crippen LogP) is 1.08. The minimum atomic E-state index is -3.95. The highest BCUT2D eigenvalue weighted by molar-refractivity contribution is 7.90. The van der Waals surface area contributed by atoms with Crippen molar-refractivity contribution >= 4 is 20.0 Å². The van der Waals surface area contributed by atoms with Crippen LogP contribution < -0.4 is 5.14 Å². The van der Waals surface area contributed by atoms with Crippen molar-refractivity contribution in [3.8, 4) is 0 Å². The number of sulfonamides is 2. The summed E-state index contributed by atoms with van der Waals surface area (Å²) in [4.78, 5) is -0.278. The molecule has 0 atom stereocenters. The van der Waals surface area contributed by atoms with E-state index in [0.717, 1.165) is 17.2 Å². The summed E-state index contributed by atoms with van der Waals surface area (Å²) in [6.45, 7) is 0.636. The highest BCUT2D eigenvalue weighted by atomic mass is 32.2. The Bertz CT molecular complexity index is 953. The molecule has 0 saturated heterocycles. The van der Waals surface area contributed by atoms with E-state index in [1.54, 1.807) is 0 Å². The third kappa shape index (κ3) is 3.16. The van der Waals surface area contributed by atoms with Crippen LogP contribution >= 0.6 is 0 Å². The topological polar surface area (TPSA) is 97.5 Å². The van der Waals surface area contributed by atoms with E-state index < -0.39 is 20.0 Å². The number of rotatable bonds is 3. The molecule has 0 aliphatic carbocycles. The molecule has 0 aromatic heterocycles. The Balaban J connectivity index is 1.97. The summed E-state index contributed by atoms with van der Waals surface area (Å²) in [5.41, 5.74) is 2.10. The molecule has 23 heavy (non-hydrogen) atoms. The van der Waals surface area contributed by atoms with E-state index in [1.807, 2.05) is 24.3 Å². The van der Waals surface area contributed by atoms with Crippen molar-refractivity contribution in [3.63, 3.8) is 0 Å². The number of hydrogen-bond acceptors (Lipinski definition) is 4. The average Bonchev–Trinajstić information content (AvgIpc) is 2.53. The molecule has 0 unspecified atom stereocenters. The van der Waals surface area contributed by atoms with Crippen molar-refractivity contribution in [1.29, 1.82) is 0 Å². The van der Waals surface area contributed by atoms with Gasteiger partial charge in [0.25, 0.3) is 0 Å². The molecule has 1 aliphatic heterocycles. The first kappa shape index (κ1) is 16.1. The normalized spacial score (nSPS) is 16.0. The third-order valence-electron chi connectivity index (χ3n) is 3.87. The number of nitrogens with two attached hydrogens (primary N) is 1. The summed E-state index contributed by atoms with van der Waals surface area (Å²) in [5, 5.41) is 5.07. The van der Waals surface area contributed by atoms with Crippen LogP contribution in [0, 0.1) is 0 Å². The molecule has 3 rings (SSSR count). The van der Waals surface area contributed by atoms with Crippen LogP contribution in [0.3, 0.4) is 0 Å². The summed E-state index contributed by atoms with van der Waals surface area (Å²) in [6, 6.07) is 12.8. The summed E-state index contributed by atoms with van der Waals surface area (Å²) < 4.78 is 49.7. The van der Waals surface area contributed by atoms with Crippen molar-refractivity contribution in [2.75, 3.05) is 6.54 Å². The second-order valence-corrected chi connectivity index (χ2v) is 8.88. The molecule has 2 N–H and O–H groups in total. The van der Waals surface area contributed by atoms with Gasteiger partial charge in [0, 0.05) is 13.1 Å². The van der Waals surface area contributed by atoms with Gasteiger partial charge in [-0.25, -0.2) is 22.0 Å². The minimum absolute atomic E-state index is 0.0663. The van der Waals surface area contributed by atoms with E-state index in [9.17, 15) is 16.8 Å². The Hall–Kier alpha value is -1.74. The van der Waals surface area contributed by atoms with E-state index in [2.05, 4.69) is 0 Å². The number of primary sulfonamides is 1. The van der Waals surface area contributed by atoms with E-state index >= 15 is 0 Å². The molecule has 1 heterocycles. The van der Waals surface area contributed by atoms with Gasteiger partial charge in [0.2, 0.25) is 20.0 Å². The van der Waals surface area contributed by atoms with Crippen LogP contribution in [0.25, 0.3) is 0 Å². The van der Waals surface area contributed by atoms with Crippen molar-refractivity contribution in [2.45, 2.75) is 22.8 Å². The molecule has 0 saturated carbocycles. The Labute approximate surface area is 135 Å². The molecule has 2 aromatic carbocycles. The summed E-state index contributed by atoms with van der Waals surface area (Å²) in [5.74, 6) is 0. The molecule has 0 bridgehead atoms. The maximum atomic E-state index is 12.8. The zero-order valence-corrected chi connectivity index (χ0v) is 13.8. The van der Waals surface area contributed by atoms with E-state index in [0.29, 0.717) is 13.0 Å². The number of benzene rings is 2. The van der Waals surface area contributed by atoms with Gasteiger partial charge in [-0.05, 0) is 35.7 Å². The van der Waals surface area contributed by atoms with Gasteiger partial charge in [-0.15, -0.1) is 0 Å². The summed E-state index contributed by atoms with van der Waals surface area (Å²) in [6.07, 6.45) is 0.629. The fourth-order valence-corrected chi connectivity index (χ4v) is 4.74. The molecule has 2 aromatic rings. The largest absolute Gasteiger partial charge is 0.243 e. The van der Waals surface area contributed by atoms with Gasteiger partial charge < -0.3 is 0 Å². The molecule has 8 heteroatoms. The highest BCUT2D eigenvalue weighted by Gasteiger charge is 2.28. The fourth-order valence-electron chi connectivity index (χ4n) is 2.64. The smallest absolute Gasteiger partial charge is 0.225 e. The SMILES string of the molecule is NS(=O)(=O)c1cccc(S(=O)(=O)N2CCc3ccccc3C2)c1. The van der Waals surface area contributed by atoms with Crippen molar-refractivity contribution in [2.24, 2.45) is 5.14 Å². The summed E-state index contributed by atoms with van der Waals surface area (Å²) >= 11 is 0. The lowest BCUT2D eigenvalue weighted by atomic mass is 10.0. The first-order chi connectivity index (χ1) is 10.8. The van der Waals surface area contributed by atoms with Crippen molar-refractivity contribution in [1.82, 2.24) is 4.31 Å². The Kier molecular flexibility index (Phi) is 4.01. The molecular weight excluding hydrogens is 336 g/mol. The van der Waals surface area contributed by atoms with E-state index in [1.165, 1.54) is 22.5 Å². The van der Waals surface area contributed by atoms with Gasteiger partial charge in [-0.3, -0.25) is 0 Å². The van der Waals surface area contributed by atoms with Gasteiger partial charge in [-0.1, -0.05) is 30.3 Å². The van der Waals surface area contributed by atoms with Crippen LogP contribution in [0.15, 0.2) is 58.3 Å². The van der Waals surface area contributed by atoms with E-state index in [4.69, 9.17) is 5.14 Å². The van der Waals surface area contributed by atoms with Gasteiger partial charge in [0.1, 0.15) is 0 Å². The van der Waals surface area contributed by atoms with Crippen molar-refractivity contribution in [3.05, 3.63) is 59.7 Å². The zero-order chi connectivity index (χ0) is 16.7. The average molecular weight is 352 g/mol. The Morgan fingerprint density at radius 1 is 0.870 bits per heavy atom. The Morgan fingerprint density at radius 2 is 1.52 bits per heavy atom. The van der Waals surface area contributed by atoms with Crippen LogP contribution in [0.4, 0.5) is 0 Å². The van der Waals surface area contributed by atoms with E-state index in [-0.39, 0.29) is 16.3 Å². The molecule has 0 amide bonds. The maximum Gasteiger partial charge on any atom is 0.243 e. The lowest BCUT2D eigenvalue weighted by Gasteiger charge is -2.28. The second-order valence-electron chi connectivity index (χ2n) is 5.38. The van der Waals surface area contributed by atoms with Crippen LogP contribution in [0.5, 0.6) is 0 Å². The standard InChI is InChI=1S/C15H16N2O4S2/c16-22(18,19)14-6-3-7-15(10-14)23(20,21)17-9-8-12-4-1-2-5-13(12)11-17/h1-7,10H,8-9,11H2,(H2,16,18,19). The van der Waals surface area contributed by atoms with Gasteiger partial charge in [0.15, 0.2) is 0 Å². The molecule has 122 valence electrons. The third-order valence-corrected chi connectivity index (χ3v) is 6.62. The monoisotopic (exact) mass is 352 g/mol. The predicted molar refractivity (Wildman–Crippen MR) is 85.6 cm³/mol. The second kappa shape index (κ2) is 5.72. The molecule has 1 aliphatic rings. The fraction of sp³-hybridized carbons (Fsp3) is 0.200. The molecule has 0 radical (unpaired) electrons. The van der Waals surface area contributed by atoms with Crippen LogP contribution in [-0.4, -0.2) is 27.7 Å². The lowest BCUT2D eigenvalue weighted by molar-refractivity contribution is 0.391. The number of hydrogen-bond donors (Lipinski definition) is 1. The van der Waals surface area contributed by atoms with Gasteiger partial charge >= 0.3 is 0 Å². The lowest BCUT2D eigenvalue weighted by Crippen LogP contribution is -2.36. The van der Waals surface area contributed by atoms with Gasteiger partial charge in [-0.2, -0.15) is 4.31 Å². The van der Waals surface area contributed by atoms with Crippen LogP contribution in [0.2, 0.25) is 0 Å². The molecule has 0 fully saturated rings. The Morgan fingerprint density at radius 3 is 2.22 bits per heavy atom. The maximum absolute atomic E-state index is 12.8. The van der Waals surface area contributed by atoms with Crippen LogP contribution in [-0.2, 0) is 33.0 Å². The molecular formula is C15H16N2O4S2. The molecule has 6 nitrogen and oxygen atoms in total. The van der Waals surface area contributed by atoms with Crippen LogP contribution in [0.1, 0.15) is 11.1 Å². The first-order valence-corrected chi connectivity index (χ1v) is 9.97. The first-order valence-electron chi connectivity index (χ1n) is 6.98. The minimum Gasteiger partial charge on any atom is -0.225 e.